The van der Waals surface area contributed by atoms with Gasteiger partial charge in [0.05, 0.1) is 4.90 Å². The third kappa shape index (κ3) is 3.81. The zero-order valence-corrected chi connectivity index (χ0v) is 15.1. The highest BCUT2D eigenvalue weighted by molar-refractivity contribution is 7.86. The highest BCUT2D eigenvalue weighted by Crippen LogP contribution is 2.58. The van der Waals surface area contributed by atoms with Gasteiger partial charge in [0, 0.05) is 0 Å². The summed E-state index contributed by atoms with van der Waals surface area (Å²) in [5.41, 5.74) is 0.672. The van der Waals surface area contributed by atoms with E-state index in [1.807, 2.05) is 6.07 Å². The van der Waals surface area contributed by atoms with Gasteiger partial charge in [-0.25, -0.2) is 0 Å². The summed E-state index contributed by atoms with van der Waals surface area (Å²) in [7, 11) is -4.77. The maximum atomic E-state index is 11.5. The van der Waals surface area contributed by atoms with Gasteiger partial charge in [0.2, 0.25) is 0 Å². The molecule has 1 N–H and O–H groups in total. The minimum atomic E-state index is -4.17. The number of benzene rings is 1. The molecule has 0 atom stereocenters. The first kappa shape index (κ1) is 17.6. The van der Waals surface area contributed by atoms with E-state index in [9.17, 15) is 13.0 Å². The Morgan fingerprint density at radius 3 is 1.80 bits per heavy atom. The highest BCUT2D eigenvalue weighted by Gasteiger charge is 2.37. The Kier molecular flexibility index (Phi) is 4.75. The van der Waals surface area contributed by atoms with Crippen molar-refractivity contribution in [2.75, 3.05) is 0 Å². The summed E-state index contributed by atoms with van der Waals surface area (Å²) in [5, 5.41) is 1.15. The Balaban J connectivity index is 3.61. The van der Waals surface area contributed by atoms with Crippen molar-refractivity contribution in [2.24, 2.45) is 0 Å². The molecular weight excluding hydrogens is 291 g/mol. The molecule has 0 saturated heterocycles. The minimum absolute atomic E-state index is 0.0241. The van der Waals surface area contributed by atoms with Crippen LogP contribution in [-0.2, 0) is 10.1 Å². The Morgan fingerprint density at radius 1 is 1.00 bits per heavy atom. The second kappa shape index (κ2) is 5.40. The van der Waals surface area contributed by atoms with E-state index in [0.717, 1.165) is 5.30 Å². The Labute approximate surface area is 124 Å². The number of hydrogen-bond donors (Lipinski definition) is 1. The predicted octanol–water partition coefficient (Wildman–Crippen LogP) is 3.95. The topological polar surface area (TPSA) is 54.4 Å². The largest absolute Gasteiger partial charge is 0.294 e. The molecule has 3 nitrogen and oxygen atoms in total. The quantitative estimate of drug-likeness (QED) is 0.664. The first-order chi connectivity index (χ1) is 8.76. The van der Waals surface area contributed by atoms with E-state index in [1.165, 1.54) is 6.07 Å². The molecule has 0 heterocycles. The van der Waals surface area contributed by atoms with Gasteiger partial charge < -0.3 is 0 Å². The third-order valence-corrected chi connectivity index (χ3v) is 7.76. The molecular formula is C15H25O3PS. The standard InChI is InChI=1S/C15H25O3PS/c1-11-12(9-8-10-13(11)20(16,17)18)19(14(2,3)4)15(5,6)7/h8-10H,1-7H3,(H,16,17,18). The summed E-state index contributed by atoms with van der Waals surface area (Å²) in [4.78, 5) is 0.0241. The minimum Gasteiger partial charge on any atom is -0.282 e. The molecule has 0 amide bonds. The van der Waals surface area contributed by atoms with Crippen LogP contribution >= 0.6 is 7.92 Å². The van der Waals surface area contributed by atoms with Gasteiger partial charge in [-0.05, 0) is 34.2 Å². The third-order valence-electron chi connectivity index (χ3n) is 3.12. The lowest BCUT2D eigenvalue weighted by atomic mass is 10.2. The molecule has 114 valence electrons. The van der Waals surface area contributed by atoms with Crippen molar-refractivity contribution in [3.63, 3.8) is 0 Å². The van der Waals surface area contributed by atoms with Crippen LogP contribution in [0.15, 0.2) is 23.1 Å². The normalized spacial score (nSPS) is 13.8. The van der Waals surface area contributed by atoms with Crippen molar-refractivity contribution in [1.29, 1.82) is 0 Å². The average molecular weight is 316 g/mol. The summed E-state index contributed by atoms with van der Waals surface area (Å²) >= 11 is 0. The maximum Gasteiger partial charge on any atom is 0.294 e. The van der Waals surface area contributed by atoms with Gasteiger partial charge in [0.1, 0.15) is 0 Å². The molecule has 1 rings (SSSR count). The fourth-order valence-corrected chi connectivity index (χ4v) is 7.83. The SMILES string of the molecule is Cc1c(P(C(C)(C)C)C(C)(C)C)cccc1S(=O)(=O)O. The first-order valence-electron chi connectivity index (χ1n) is 6.63. The van der Waals surface area contributed by atoms with Crippen LogP contribution in [-0.4, -0.2) is 23.3 Å². The smallest absolute Gasteiger partial charge is 0.282 e. The second-order valence-corrected chi connectivity index (χ2v) is 12.3. The molecule has 0 aliphatic rings. The predicted molar refractivity (Wildman–Crippen MR) is 87.1 cm³/mol. The van der Waals surface area contributed by atoms with Crippen LogP contribution < -0.4 is 5.30 Å². The summed E-state index contributed by atoms with van der Waals surface area (Å²) in [5.74, 6) is 0. The van der Waals surface area contributed by atoms with E-state index in [0.29, 0.717) is 5.56 Å². The van der Waals surface area contributed by atoms with Crippen LogP contribution in [0.3, 0.4) is 0 Å². The van der Waals surface area contributed by atoms with Crippen LogP contribution in [0.4, 0.5) is 0 Å². The van der Waals surface area contributed by atoms with Gasteiger partial charge in [0.25, 0.3) is 10.1 Å². The molecule has 0 fully saturated rings. The van der Waals surface area contributed by atoms with E-state index >= 15 is 0 Å². The lowest BCUT2D eigenvalue weighted by Gasteiger charge is -2.42. The fourth-order valence-electron chi connectivity index (χ4n) is 2.85. The monoisotopic (exact) mass is 316 g/mol. The molecule has 1 aromatic carbocycles. The lowest BCUT2D eigenvalue weighted by molar-refractivity contribution is 0.482. The van der Waals surface area contributed by atoms with Gasteiger partial charge >= 0.3 is 0 Å². The number of hydrogen-bond acceptors (Lipinski definition) is 2. The van der Waals surface area contributed by atoms with Crippen molar-refractivity contribution in [2.45, 2.75) is 63.7 Å². The maximum absolute atomic E-state index is 11.5. The molecule has 0 saturated carbocycles. The summed E-state index contributed by atoms with van der Waals surface area (Å²) in [6.07, 6.45) is 0. The molecule has 0 aromatic heterocycles. The Morgan fingerprint density at radius 2 is 1.45 bits per heavy atom. The lowest BCUT2D eigenvalue weighted by Crippen LogP contribution is -2.32. The Bertz CT molecular complexity index is 579. The summed E-state index contributed by atoms with van der Waals surface area (Å²) in [6.45, 7) is 14.9. The van der Waals surface area contributed by atoms with Crippen molar-refractivity contribution in [3.8, 4) is 0 Å². The first-order valence-corrected chi connectivity index (χ1v) is 9.42. The molecule has 5 heteroatoms. The average Bonchev–Trinajstić information content (AvgIpc) is 2.14. The Hall–Kier alpha value is -0.440. The van der Waals surface area contributed by atoms with E-state index < -0.39 is 18.0 Å². The second-order valence-electron chi connectivity index (χ2n) is 7.05. The van der Waals surface area contributed by atoms with E-state index in [4.69, 9.17) is 0 Å². The van der Waals surface area contributed by atoms with E-state index in [2.05, 4.69) is 41.5 Å². The van der Waals surface area contributed by atoms with Crippen molar-refractivity contribution >= 4 is 23.3 Å². The molecule has 20 heavy (non-hydrogen) atoms. The molecule has 1 aromatic rings. The summed E-state index contributed by atoms with van der Waals surface area (Å²) < 4.78 is 32.3. The van der Waals surface area contributed by atoms with Gasteiger partial charge in [-0.2, -0.15) is 8.42 Å². The molecule has 0 bridgehead atoms. The molecule has 0 spiro atoms. The van der Waals surface area contributed by atoms with Crippen molar-refractivity contribution < 1.29 is 13.0 Å². The molecule has 0 aliphatic carbocycles. The van der Waals surface area contributed by atoms with Gasteiger partial charge in [-0.15, -0.1) is 0 Å². The van der Waals surface area contributed by atoms with E-state index in [-0.39, 0.29) is 15.2 Å². The highest BCUT2D eigenvalue weighted by atomic mass is 32.2. The van der Waals surface area contributed by atoms with Crippen LogP contribution in [0.1, 0.15) is 47.1 Å². The van der Waals surface area contributed by atoms with Crippen LogP contribution in [0.25, 0.3) is 0 Å². The van der Waals surface area contributed by atoms with E-state index in [1.54, 1.807) is 13.0 Å². The molecule has 0 radical (unpaired) electrons. The van der Waals surface area contributed by atoms with Crippen molar-refractivity contribution in [1.82, 2.24) is 0 Å². The molecule has 0 unspecified atom stereocenters. The van der Waals surface area contributed by atoms with Gasteiger partial charge in [0.15, 0.2) is 0 Å². The van der Waals surface area contributed by atoms with Gasteiger partial charge in [-0.1, -0.05) is 61.6 Å². The van der Waals surface area contributed by atoms with Gasteiger partial charge in [-0.3, -0.25) is 4.55 Å². The molecule has 0 aliphatic heterocycles. The van der Waals surface area contributed by atoms with Crippen molar-refractivity contribution in [3.05, 3.63) is 23.8 Å². The van der Waals surface area contributed by atoms with Crippen LogP contribution in [0.5, 0.6) is 0 Å². The zero-order chi connectivity index (χ0) is 15.9. The fraction of sp³-hybridized carbons (Fsp3) is 0.600. The number of rotatable bonds is 2. The van der Waals surface area contributed by atoms with Crippen LogP contribution in [0.2, 0.25) is 0 Å². The zero-order valence-electron chi connectivity index (χ0n) is 13.4. The summed E-state index contributed by atoms with van der Waals surface area (Å²) in [6, 6.07) is 5.18. The van der Waals surface area contributed by atoms with Crippen LogP contribution in [0, 0.1) is 6.92 Å².